The highest BCUT2D eigenvalue weighted by Gasteiger charge is 2.33. The molecule has 0 aromatic heterocycles. The third-order valence-corrected chi connectivity index (χ3v) is 4.46. The molecule has 21 heavy (non-hydrogen) atoms. The lowest BCUT2D eigenvalue weighted by Crippen LogP contribution is -2.58. The fourth-order valence-corrected chi connectivity index (χ4v) is 3.21. The number of piperazine rings is 1. The van der Waals surface area contributed by atoms with Crippen molar-refractivity contribution in [1.29, 1.82) is 0 Å². The van der Waals surface area contributed by atoms with Gasteiger partial charge >= 0.3 is 0 Å². The molecule has 2 rings (SSSR count). The third-order valence-electron chi connectivity index (χ3n) is 4.46. The molecular formula is C15H30ClN3O2. The van der Waals surface area contributed by atoms with Crippen LogP contribution in [-0.4, -0.2) is 67.2 Å². The first-order valence-electron chi connectivity index (χ1n) is 7.91. The van der Waals surface area contributed by atoms with Gasteiger partial charge in [-0.1, -0.05) is 13.3 Å². The van der Waals surface area contributed by atoms with E-state index in [-0.39, 0.29) is 18.3 Å². The second-order valence-corrected chi connectivity index (χ2v) is 6.49. The summed E-state index contributed by atoms with van der Waals surface area (Å²) < 4.78 is 5.42. The summed E-state index contributed by atoms with van der Waals surface area (Å²) >= 11 is 0. The van der Waals surface area contributed by atoms with Gasteiger partial charge in [0.1, 0.15) is 0 Å². The summed E-state index contributed by atoms with van der Waals surface area (Å²) in [6, 6.07) is 0. The van der Waals surface area contributed by atoms with Gasteiger partial charge in [0.05, 0.1) is 12.1 Å². The number of halogens is 1. The zero-order valence-corrected chi connectivity index (χ0v) is 14.2. The van der Waals surface area contributed by atoms with Gasteiger partial charge in [-0.25, -0.2) is 0 Å². The Bertz CT molecular complexity index is 325. The maximum absolute atomic E-state index is 12.4. The van der Waals surface area contributed by atoms with Crippen LogP contribution in [0.4, 0.5) is 0 Å². The van der Waals surface area contributed by atoms with Crippen molar-refractivity contribution in [3.05, 3.63) is 0 Å². The Balaban J connectivity index is 0.00000220. The number of rotatable bonds is 5. The van der Waals surface area contributed by atoms with E-state index in [0.717, 1.165) is 58.8 Å². The molecule has 0 bridgehead atoms. The molecule has 6 heteroatoms. The molecule has 0 saturated carbocycles. The SMILES string of the molecule is CCCC(C)(N)C(=O)N1CCN(CC2CCOC2)CC1.Cl. The summed E-state index contributed by atoms with van der Waals surface area (Å²) in [4.78, 5) is 16.8. The molecule has 0 spiro atoms. The van der Waals surface area contributed by atoms with Gasteiger partial charge in [0.2, 0.25) is 5.91 Å². The standard InChI is InChI=1S/C15H29N3O2.ClH/c1-3-5-15(2,16)14(19)18-8-6-17(7-9-18)11-13-4-10-20-12-13;/h13H,3-12,16H2,1-2H3;1H. The van der Waals surface area contributed by atoms with Crippen LogP contribution < -0.4 is 5.73 Å². The van der Waals surface area contributed by atoms with Crippen LogP contribution in [0.15, 0.2) is 0 Å². The number of carbonyl (C=O) groups excluding carboxylic acids is 1. The molecule has 2 aliphatic rings. The van der Waals surface area contributed by atoms with Crippen molar-refractivity contribution in [2.24, 2.45) is 11.7 Å². The van der Waals surface area contributed by atoms with Crippen molar-refractivity contribution < 1.29 is 9.53 Å². The molecule has 0 radical (unpaired) electrons. The highest BCUT2D eigenvalue weighted by molar-refractivity contribution is 5.86. The van der Waals surface area contributed by atoms with Crippen LogP contribution in [0, 0.1) is 5.92 Å². The van der Waals surface area contributed by atoms with E-state index >= 15 is 0 Å². The van der Waals surface area contributed by atoms with E-state index in [0.29, 0.717) is 5.92 Å². The number of nitrogens with zero attached hydrogens (tertiary/aromatic N) is 2. The van der Waals surface area contributed by atoms with Gasteiger partial charge < -0.3 is 15.4 Å². The molecule has 5 nitrogen and oxygen atoms in total. The fourth-order valence-electron chi connectivity index (χ4n) is 3.21. The molecule has 0 aliphatic carbocycles. The summed E-state index contributed by atoms with van der Waals surface area (Å²) in [5, 5.41) is 0. The summed E-state index contributed by atoms with van der Waals surface area (Å²) in [7, 11) is 0. The Morgan fingerprint density at radius 2 is 2.00 bits per heavy atom. The van der Waals surface area contributed by atoms with Gasteiger partial charge in [-0.05, 0) is 25.7 Å². The van der Waals surface area contributed by atoms with Crippen LogP contribution in [0.2, 0.25) is 0 Å². The normalized spacial score (nSPS) is 26.2. The molecule has 2 aliphatic heterocycles. The Hall–Kier alpha value is -0.360. The molecule has 1 amide bonds. The number of nitrogens with two attached hydrogens (primary N) is 1. The molecule has 2 unspecified atom stereocenters. The van der Waals surface area contributed by atoms with Gasteiger partial charge in [-0.3, -0.25) is 9.69 Å². The lowest BCUT2D eigenvalue weighted by molar-refractivity contribution is -0.138. The van der Waals surface area contributed by atoms with Crippen molar-refractivity contribution in [2.45, 2.75) is 38.6 Å². The molecule has 124 valence electrons. The Labute approximate surface area is 134 Å². The van der Waals surface area contributed by atoms with E-state index in [1.54, 1.807) is 0 Å². The Morgan fingerprint density at radius 3 is 2.52 bits per heavy atom. The predicted octanol–water partition coefficient (Wildman–Crippen LogP) is 1.11. The third kappa shape index (κ3) is 5.09. The van der Waals surface area contributed by atoms with Gasteiger partial charge in [0.25, 0.3) is 0 Å². The summed E-state index contributed by atoms with van der Waals surface area (Å²) in [5.74, 6) is 0.792. The minimum Gasteiger partial charge on any atom is -0.381 e. The first-order chi connectivity index (χ1) is 9.53. The number of carbonyl (C=O) groups is 1. The fraction of sp³-hybridized carbons (Fsp3) is 0.933. The maximum Gasteiger partial charge on any atom is 0.242 e. The molecule has 2 N–H and O–H groups in total. The van der Waals surface area contributed by atoms with Gasteiger partial charge in [-0.15, -0.1) is 12.4 Å². The molecule has 2 fully saturated rings. The minimum atomic E-state index is -0.698. The largest absolute Gasteiger partial charge is 0.381 e. The van der Waals surface area contributed by atoms with Gasteiger partial charge in [-0.2, -0.15) is 0 Å². The molecular weight excluding hydrogens is 290 g/mol. The van der Waals surface area contributed by atoms with Crippen molar-refractivity contribution in [3.8, 4) is 0 Å². The number of amides is 1. The van der Waals surface area contributed by atoms with Gasteiger partial charge in [0.15, 0.2) is 0 Å². The van der Waals surface area contributed by atoms with E-state index in [1.165, 1.54) is 6.42 Å². The molecule has 0 aromatic carbocycles. The van der Waals surface area contributed by atoms with Crippen molar-refractivity contribution in [1.82, 2.24) is 9.80 Å². The highest BCUT2D eigenvalue weighted by Crippen LogP contribution is 2.17. The second kappa shape index (κ2) is 8.32. The van der Waals surface area contributed by atoms with Crippen molar-refractivity contribution in [2.75, 3.05) is 45.9 Å². The second-order valence-electron chi connectivity index (χ2n) is 6.49. The van der Waals surface area contributed by atoms with Gasteiger partial charge in [0, 0.05) is 39.3 Å². The van der Waals surface area contributed by atoms with Crippen LogP contribution in [0.5, 0.6) is 0 Å². The van der Waals surface area contributed by atoms with E-state index in [4.69, 9.17) is 10.5 Å². The van der Waals surface area contributed by atoms with Crippen molar-refractivity contribution in [3.63, 3.8) is 0 Å². The van der Waals surface area contributed by atoms with E-state index in [1.807, 2.05) is 11.8 Å². The Kier molecular flexibility index (Phi) is 7.40. The minimum absolute atomic E-state index is 0. The monoisotopic (exact) mass is 319 g/mol. The summed E-state index contributed by atoms with van der Waals surface area (Å²) in [6.45, 7) is 10.4. The number of hydrogen-bond donors (Lipinski definition) is 1. The average Bonchev–Trinajstić information content (AvgIpc) is 2.91. The lowest BCUT2D eigenvalue weighted by atomic mass is 9.95. The van der Waals surface area contributed by atoms with E-state index in [2.05, 4.69) is 11.8 Å². The quantitative estimate of drug-likeness (QED) is 0.824. The van der Waals surface area contributed by atoms with Crippen LogP contribution in [-0.2, 0) is 9.53 Å². The zero-order valence-electron chi connectivity index (χ0n) is 13.3. The Morgan fingerprint density at radius 1 is 1.33 bits per heavy atom. The predicted molar refractivity (Wildman–Crippen MR) is 86.7 cm³/mol. The lowest BCUT2D eigenvalue weighted by Gasteiger charge is -2.39. The highest BCUT2D eigenvalue weighted by atomic mass is 35.5. The first kappa shape index (κ1) is 18.7. The van der Waals surface area contributed by atoms with E-state index in [9.17, 15) is 4.79 Å². The van der Waals surface area contributed by atoms with Crippen LogP contribution in [0.1, 0.15) is 33.1 Å². The summed E-state index contributed by atoms with van der Waals surface area (Å²) in [5.41, 5.74) is 5.45. The maximum atomic E-state index is 12.4. The topological polar surface area (TPSA) is 58.8 Å². The first-order valence-corrected chi connectivity index (χ1v) is 7.91. The van der Waals surface area contributed by atoms with Crippen molar-refractivity contribution >= 4 is 18.3 Å². The zero-order chi connectivity index (χ0) is 14.6. The molecule has 2 saturated heterocycles. The molecule has 0 aromatic rings. The molecule has 2 heterocycles. The van der Waals surface area contributed by atoms with Crippen LogP contribution in [0.25, 0.3) is 0 Å². The number of ether oxygens (including phenoxy) is 1. The smallest absolute Gasteiger partial charge is 0.242 e. The van der Waals surface area contributed by atoms with Crippen LogP contribution in [0.3, 0.4) is 0 Å². The number of hydrogen-bond acceptors (Lipinski definition) is 4. The van der Waals surface area contributed by atoms with Crippen LogP contribution >= 0.6 is 12.4 Å². The average molecular weight is 320 g/mol. The van der Waals surface area contributed by atoms with E-state index < -0.39 is 5.54 Å². The summed E-state index contributed by atoms with van der Waals surface area (Å²) in [6.07, 6.45) is 2.88. The molecule has 2 atom stereocenters.